The Morgan fingerprint density at radius 3 is 2.14 bits per heavy atom. The molecule has 0 heterocycles. The van der Waals surface area contributed by atoms with Crippen LogP contribution < -0.4 is 24.3 Å². The number of methoxy groups -OCH3 is 4. The summed E-state index contributed by atoms with van der Waals surface area (Å²) in [6, 6.07) is 7.75. The summed E-state index contributed by atoms with van der Waals surface area (Å²) in [6.45, 7) is -0.522. The van der Waals surface area contributed by atoms with E-state index in [0.717, 1.165) is 0 Å². The molecule has 0 aromatic heterocycles. The van der Waals surface area contributed by atoms with Crippen LogP contribution in [-0.2, 0) is 9.53 Å². The Labute approximate surface area is 167 Å². The lowest BCUT2D eigenvalue weighted by Crippen LogP contribution is -2.21. The second-order valence-electron chi connectivity index (χ2n) is 5.35. The monoisotopic (exact) mass is 409 g/mol. The first-order valence-electron chi connectivity index (χ1n) is 8.04. The SMILES string of the molecule is COc1ccc(Cl)cc1NC(=O)COC(=O)c1ccc(OC)c(OC)c1OC. The van der Waals surface area contributed by atoms with Gasteiger partial charge in [0.25, 0.3) is 5.91 Å². The third-order valence-electron chi connectivity index (χ3n) is 3.69. The summed E-state index contributed by atoms with van der Waals surface area (Å²) in [4.78, 5) is 24.5. The van der Waals surface area contributed by atoms with Crippen molar-refractivity contribution in [2.24, 2.45) is 0 Å². The summed E-state index contributed by atoms with van der Waals surface area (Å²) >= 11 is 5.92. The lowest BCUT2D eigenvalue weighted by molar-refractivity contribution is -0.119. The predicted molar refractivity (Wildman–Crippen MR) is 103 cm³/mol. The molecule has 0 atom stereocenters. The van der Waals surface area contributed by atoms with Gasteiger partial charge in [-0.25, -0.2) is 4.79 Å². The van der Waals surface area contributed by atoms with Crippen LogP contribution in [-0.4, -0.2) is 46.9 Å². The molecule has 0 fully saturated rings. The smallest absolute Gasteiger partial charge is 0.342 e. The summed E-state index contributed by atoms with van der Waals surface area (Å²) in [6.07, 6.45) is 0. The quantitative estimate of drug-likeness (QED) is 0.669. The molecule has 2 aromatic carbocycles. The Kier molecular flexibility index (Phi) is 7.34. The number of hydrogen-bond acceptors (Lipinski definition) is 7. The zero-order chi connectivity index (χ0) is 20.7. The highest BCUT2D eigenvalue weighted by Crippen LogP contribution is 2.40. The van der Waals surface area contributed by atoms with Gasteiger partial charge < -0.3 is 29.0 Å². The van der Waals surface area contributed by atoms with Gasteiger partial charge in [-0.2, -0.15) is 0 Å². The number of ether oxygens (including phenoxy) is 5. The van der Waals surface area contributed by atoms with E-state index in [1.165, 1.54) is 46.6 Å². The van der Waals surface area contributed by atoms with Gasteiger partial charge in [-0.05, 0) is 30.3 Å². The Bertz CT molecular complexity index is 870. The van der Waals surface area contributed by atoms with Gasteiger partial charge in [0.2, 0.25) is 5.75 Å². The van der Waals surface area contributed by atoms with Crippen molar-refractivity contribution in [1.29, 1.82) is 0 Å². The van der Waals surface area contributed by atoms with Gasteiger partial charge in [0.1, 0.15) is 11.3 Å². The van der Waals surface area contributed by atoms with Crippen LogP contribution in [0.3, 0.4) is 0 Å². The molecule has 2 aromatic rings. The van der Waals surface area contributed by atoms with E-state index in [2.05, 4.69) is 5.32 Å². The Morgan fingerprint density at radius 1 is 0.893 bits per heavy atom. The number of amides is 1. The van der Waals surface area contributed by atoms with Crippen LogP contribution in [0.2, 0.25) is 5.02 Å². The highest BCUT2D eigenvalue weighted by molar-refractivity contribution is 6.31. The molecule has 8 nitrogen and oxygen atoms in total. The van der Waals surface area contributed by atoms with Gasteiger partial charge in [0.05, 0.1) is 34.1 Å². The summed E-state index contributed by atoms with van der Waals surface area (Å²) in [5, 5.41) is 3.00. The number of carbonyl (C=O) groups excluding carboxylic acids is 2. The highest BCUT2D eigenvalue weighted by Gasteiger charge is 2.22. The first kappa shape index (κ1) is 21.2. The van der Waals surface area contributed by atoms with Crippen LogP contribution in [0, 0.1) is 0 Å². The zero-order valence-corrected chi connectivity index (χ0v) is 16.6. The second-order valence-corrected chi connectivity index (χ2v) is 5.79. The van der Waals surface area contributed by atoms with Gasteiger partial charge in [0, 0.05) is 5.02 Å². The fraction of sp³-hybridized carbons (Fsp3) is 0.263. The van der Waals surface area contributed by atoms with Crippen molar-refractivity contribution in [2.45, 2.75) is 0 Å². The molecule has 0 aliphatic rings. The zero-order valence-electron chi connectivity index (χ0n) is 15.8. The van der Waals surface area contributed by atoms with Crippen LogP contribution in [0.15, 0.2) is 30.3 Å². The Morgan fingerprint density at radius 2 is 1.54 bits per heavy atom. The number of carbonyl (C=O) groups is 2. The number of nitrogens with one attached hydrogen (secondary N) is 1. The molecule has 0 bridgehead atoms. The molecule has 0 aliphatic heterocycles. The third kappa shape index (κ3) is 4.77. The molecule has 0 spiro atoms. The predicted octanol–water partition coefficient (Wildman–Crippen LogP) is 3.17. The van der Waals surface area contributed by atoms with Gasteiger partial charge >= 0.3 is 5.97 Å². The molecule has 1 N–H and O–H groups in total. The molecule has 9 heteroatoms. The first-order valence-corrected chi connectivity index (χ1v) is 8.42. The van der Waals surface area contributed by atoms with E-state index in [1.807, 2.05) is 0 Å². The average molecular weight is 410 g/mol. The first-order chi connectivity index (χ1) is 13.4. The largest absolute Gasteiger partial charge is 0.495 e. The van der Waals surface area contributed by atoms with Crippen LogP contribution in [0.5, 0.6) is 23.0 Å². The highest BCUT2D eigenvalue weighted by atomic mass is 35.5. The molecule has 2 rings (SSSR count). The molecule has 1 amide bonds. The average Bonchev–Trinajstić information content (AvgIpc) is 2.70. The lowest BCUT2D eigenvalue weighted by Gasteiger charge is -2.15. The minimum absolute atomic E-state index is 0.0910. The Balaban J connectivity index is 2.10. The molecule has 0 unspecified atom stereocenters. The van der Waals surface area contributed by atoms with Crippen LogP contribution in [0.4, 0.5) is 5.69 Å². The van der Waals surface area contributed by atoms with Crippen molar-refractivity contribution in [3.8, 4) is 23.0 Å². The molecule has 0 saturated heterocycles. The van der Waals surface area contributed by atoms with E-state index >= 15 is 0 Å². The number of rotatable bonds is 8. The summed E-state index contributed by atoms with van der Waals surface area (Å²) in [7, 11) is 5.72. The van der Waals surface area contributed by atoms with Crippen LogP contribution in [0.25, 0.3) is 0 Å². The van der Waals surface area contributed by atoms with Crippen molar-refractivity contribution in [2.75, 3.05) is 40.4 Å². The third-order valence-corrected chi connectivity index (χ3v) is 3.93. The van der Waals surface area contributed by atoms with Crippen LogP contribution in [0.1, 0.15) is 10.4 Å². The maximum Gasteiger partial charge on any atom is 0.342 e. The summed E-state index contributed by atoms with van der Waals surface area (Å²) in [5.41, 5.74) is 0.452. The van der Waals surface area contributed by atoms with E-state index in [9.17, 15) is 9.59 Å². The van der Waals surface area contributed by atoms with E-state index < -0.39 is 18.5 Å². The molecule has 0 aliphatic carbocycles. The molecule has 0 saturated carbocycles. The summed E-state index contributed by atoms with van der Waals surface area (Å²) in [5.74, 6) is -0.122. The van der Waals surface area contributed by atoms with Crippen molar-refractivity contribution in [3.63, 3.8) is 0 Å². The van der Waals surface area contributed by atoms with E-state index in [4.69, 9.17) is 35.3 Å². The molecular weight excluding hydrogens is 390 g/mol. The molecule has 28 heavy (non-hydrogen) atoms. The van der Waals surface area contributed by atoms with Gasteiger partial charge in [0.15, 0.2) is 18.1 Å². The van der Waals surface area contributed by atoms with Crippen LogP contribution >= 0.6 is 11.6 Å². The molecule has 150 valence electrons. The maximum atomic E-state index is 12.4. The number of anilines is 1. The van der Waals surface area contributed by atoms with Gasteiger partial charge in [-0.15, -0.1) is 0 Å². The van der Waals surface area contributed by atoms with E-state index in [1.54, 1.807) is 12.1 Å². The fourth-order valence-electron chi connectivity index (χ4n) is 2.44. The minimum Gasteiger partial charge on any atom is -0.495 e. The maximum absolute atomic E-state index is 12.4. The normalized spacial score (nSPS) is 10.0. The lowest BCUT2D eigenvalue weighted by atomic mass is 10.1. The fourth-order valence-corrected chi connectivity index (χ4v) is 2.61. The number of hydrogen-bond donors (Lipinski definition) is 1. The van der Waals surface area contributed by atoms with Crippen molar-refractivity contribution >= 4 is 29.2 Å². The molecule has 0 radical (unpaired) electrons. The minimum atomic E-state index is -0.758. The van der Waals surface area contributed by atoms with Crippen molar-refractivity contribution in [1.82, 2.24) is 0 Å². The van der Waals surface area contributed by atoms with E-state index in [0.29, 0.717) is 22.2 Å². The van der Waals surface area contributed by atoms with Crippen molar-refractivity contribution < 1.29 is 33.3 Å². The topological polar surface area (TPSA) is 92.3 Å². The standard InChI is InChI=1S/C19H20ClNO7/c1-24-14-7-5-11(20)9-13(14)21-16(22)10-28-19(23)12-6-8-15(25-2)18(27-4)17(12)26-3/h5-9H,10H2,1-4H3,(H,21,22). The second kappa shape index (κ2) is 9.70. The number of esters is 1. The number of halogens is 1. The number of benzene rings is 2. The van der Waals surface area contributed by atoms with E-state index in [-0.39, 0.29) is 17.1 Å². The summed E-state index contributed by atoms with van der Waals surface area (Å²) < 4.78 is 25.9. The Hall–Kier alpha value is -3.13. The van der Waals surface area contributed by atoms with Crippen molar-refractivity contribution in [3.05, 3.63) is 40.9 Å². The van der Waals surface area contributed by atoms with Gasteiger partial charge in [-0.1, -0.05) is 11.6 Å². The van der Waals surface area contributed by atoms with Gasteiger partial charge in [-0.3, -0.25) is 4.79 Å². The molecular formula is C19H20ClNO7.